The van der Waals surface area contributed by atoms with E-state index in [-0.39, 0.29) is 16.7 Å². The molecule has 0 aliphatic carbocycles. The van der Waals surface area contributed by atoms with E-state index in [9.17, 15) is 13.2 Å². The second kappa shape index (κ2) is 7.80. The summed E-state index contributed by atoms with van der Waals surface area (Å²) in [6.07, 6.45) is 0. The van der Waals surface area contributed by atoms with Crippen LogP contribution in [0, 0.1) is 19.8 Å². The largest absolute Gasteiger partial charge is 0.322 e. The number of sulfonamides is 1. The Morgan fingerprint density at radius 1 is 1.04 bits per heavy atom. The first-order valence-electron chi connectivity index (χ1n) is 8.17. The molecular weight excluding hydrogens is 336 g/mol. The molecule has 0 fully saturated rings. The van der Waals surface area contributed by atoms with E-state index in [1.807, 2.05) is 45.9 Å². The Balaban J connectivity index is 2.19. The van der Waals surface area contributed by atoms with Gasteiger partial charge in [0.15, 0.2) is 0 Å². The van der Waals surface area contributed by atoms with Gasteiger partial charge in [-0.1, -0.05) is 26.0 Å². The fourth-order valence-corrected chi connectivity index (χ4v) is 3.45. The van der Waals surface area contributed by atoms with E-state index >= 15 is 0 Å². The molecule has 0 atom stereocenters. The van der Waals surface area contributed by atoms with Crippen molar-refractivity contribution in [3.05, 3.63) is 59.2 Å². The van der Waals surface area contributed by atoms with Gasteiger partial charge in [-0.2, -0.15) is 0 Å². The fourth-order valence-electron chi connectivity index (χ4n) is 2.19. The quantitative estimate of drug-likeness (QED) is 0.828. The highest BCUT2D eigenvalue weighted by molar-refractivity contribution is 7.89. The molecule has 0 aliphatic rings. The summed E-state index contributed by atoms with van der Waals surface area (Å²) < 4.78 is 27.2. The lowest BCUT2D eigenvalue weighted by Gasteiger charge is -2.11. The Bertz CT molecular complexity index is 874. The van der Waals surface area contributed by atoms with Gasteiger partial charge >= 0.3 is 0 Å². The molecule has 2 rings (SSSR count). The summed E-state index contributed by atoms with van der Waals surface area (Å²) in [4.78, 5) is 12.5. The molecule has 2 N–H and O–H groups in total. The second-order valence-electron chi connectivity index (χ2n) is 6.53. The van der Waals surface area contributed by atoms with Gasteiger partial charge in [0, 0.05) is 17.8 Å². The first kappa shape index (κ1) is 19.1. The maximum absolute atomic E-state index is 12.4. The number of anilines is 1. The smallest absolute Gasteiger partial charge is 0.255 e. The van der Waals surface area contributed by atoms with Crippen LogP contribution < -0.4 is 10.0 Å². The lowest BCUT2D eigenvalue weighted by Crippen LogP contribution is -2.27. The van der Waals surface area contributed by atoms with E-state index in [1.54, 1.807) is 12.1 Å². The van der Waals surface area contributed by atoms with Gasteiger partial charge in [-0.05, 0) is 61.2 Å². The van der Waals surface area contributed by atoms with Gasteiger partial charge in [0.2, 0.25) is 10.0 Å². The first-order chi connectivity index (χ1) is 11.7. The highest BCUT2D eigenvalue weighted by Gasteiger charge is 2.16. The van der Waals surface area contributed by atoms with Gasteiger partial charge in [0.05, 0.1) is 4.90 Å². The molecule has 0 saturated heterocycles. The van der Waals surface area contributed by atoms with Crippen molar-refractivity contribution >= 4 is 21.6 Å². The zero-order chi connectivity index (χ0) is 18.6. The van der Waals surface area contributed by atoms with Crippen molar-refractivity contribution in [2.45, 2.75) is 32.6 Å². The van der Waals surface area contributed by atoms with Crippen molar-refractivity contribution in [1.82, 2.24) is 4.72 Å². The SMILES string of the molecule is Cc1ccc(NC(=O)c2cccc(S(=O)(=O)NCC(C)C)c2)cc1C. The van der Waals surface area contributed by atoms with Crippen LogP contribution >= 0.6 is 0 Å². The molecule has 0 aromatic heterocycles. The van der Waals surface area contributed by atoms with Gasteiger partial charge in [0.25, 0.3) is 5.91 Å². The highest BCUT2D eigenvalue weighted by Crippen LogP contribution is 2.17. The average molecular weight is 360 g/mol. The molecule has 25 heavy (non-hydrogen) atoms. The summed E-state index contributed by atoms with van der Waals surface area (Å²) in [6.45, 7) is 8.17. The zero-order valence-corrected chi connectivity index (χ0v) is 15.8. The Kier molecular flexibility index (Phi) is 5.98. The molecule has 0 spiro atoms. The van der Waals surface area contributed by atoms with Crippen molar-refractivity contribution in [1.29, 1.82) is 0 Å². The average Bonchev–Trinajstić information content (AvgIpc) is 2.56. The fraction of sp³-hybridized carbons (Fsp3) is 0.316. The van der Waals surface area contributed by atoms with Crippen LogP contribution in [0.25, 0.3) is 0 Å². The molecule has 2 aromatic carbocycles. The van der Waals surface area contributed by atoms with Crippen molar-refractivity contribution in [3.63, 3.8) is 0 Å². The number of benzene rings is 2. The molecule has 0 aliphatic heterocycles. The molecule has 0 heterocycles. The summed E-state index contributed by atoms with van der Waals surface area (Å²) >= 11 is 0. The van der Waals surface area contributed by atoms with Crippen molar-refractivity contribution in [3.8, 4) is 0 Å². The minimum Gasteiger partial charge on any atom is -0.322 e. The van der Waals surface area contributed by atoms with Crippen LogP contribution in [-0.4, -0.2) is 20.9 Å². The third-order valence-electron chi connectivity index (χ3n) is 3.85. The topological polar surface area (TPSA) is 75.3 Å². The molecular formula is C19H24N2O3S. The standard InChI is InChI=1S/C19H24N2O3S/c1-13(2)12-20-25(23,24)18-7-5-6-16(11-18)19(22)21-17-9-8-14(3)15(4)10-17/h5-11,13,20H,12H2,1-4H3,(H,21,22). The van der Waals surface area contributed by atoms with Crippen LogP contribution in [0.2, 0.25) is 0 Å². The Morgan fingerprint density at radius 2 is 1.76 bits per heavy atom. The van der Waals surface area contributed by atoms with Crippen LogP contribution in [0.15, 0.2) is 47.4 Å². The number of hydrogen-bond acceptors (Lipinski definition) is 3. The summed E-state index contributed by atoms with van der Waals surface area (Å²) in [5.74, 6) is -0.143. The number of carbonyl (C=O) groups excluding carboxylic acids is 1. The van der Waals surface area contributed by atoms with E-state index in [0.29, 0.717) is 17.8 Å². The molecule has 0 unspecified atom stereocenters. The van der Waals surface area contributed by atoms with E-state index in [4.69, 9.17) is 0 Å². The Morgan fingerprint density at radius 3 is 2.40 bits per heavy atom. The third-order valence-corrected chi connectivity index (χ3v) is 5.27. The molecule has 134 valence electrons. The first-order valence-corrected chi connectivity index (χ1v) is 9.65. The minimum atomic E-state index is -3.63. The van der Waals surface area contributed by atoms with E-state index in [1.165, 1.54) is 12.1 Å². The minimum absolute atomic E-state index is 0.0842. The number of amides is 1. The Hall–Kier alpha value is -2.18. The predicted molar refractivity (Wildman–Crippen MR) is 100 cm³/mol. The van der Waals surface area contributed by atoms with Crippen molar-refractivity contribution in [2.75, 3.05) is 11.9 Å². The predicted octanol–water partition coefficient (Wildman–Crippen LogP) is 3.49. The summed E-state index contributed by atoms with van der Waals surface area (Å²) in [5.41, 5.74) is 3.19. The third kappa shape index (κ3) is 5.14. The summed E-state index contributed by atoms with van der Waals surface area (Å²) in [5, 5.41) is 2.80. The number of aryl methyl sites for hydroxylation is 2. The van der Waals surface area contributed by atoms with E-state index < -0.39 is 10.0 Å². The Labute approximate surface area is 149 Å². The van der Waals surface area contributed by atoms with Crippen LogP contribution in [0.5, 0.6) is 0 Å². The van der Waals surface area contributed by atoms with Crippen molar-refractivity contribution in [2.24, 2.45) is 5.92 Å². The van der Waals surface area contributed by atoms with Gasteiger partial charge in [-0.3, -0.25) is 4.79 Å². The zero-order valence-electron chi connectivity index (χ0n) is 15.0. The van der Waals surface area contributed by atoms with Gasteiger partial charge < -0.3 is 5.32 Å². The molecule has 0 bridgehead atoms. The number of nitrogens with one attached hydrogen (secondary N) is 2. The van der Waals surface area contributed by atoms with Crippen LogP contribution in [0.1, 0.15) is 35.3 Å². The maximum atomic E-state index is 12.4. The van der Waals surface area contributed by atoms with E-state index in [2.05, 4.69) is 10.0 Å². The molecule has 0 saturated carbocycles. The summed E-state index contributed by atoms with van der Waals surface area (Å²) in [6, 6.07) is 11.7. The molecule has 1 amide bonds. The molecule has 0 radical (unpaired) electrons. The van der Waals surface area contributed by atoms with Gasteiger partial charge in [-0.15, -0.1) is 0 Å². The lowest BCUT2D eigenvalue weighted by atomic mass is 10.1. The molecule has 5 nitrogen and oxygen atoms in total. The number of rotatable bonds is 6. The van der Waals surface area contributed by atoms with Crippen LogP contribution in [-0.2, 0) is 10.0 Å². The second-order valence-corrected chi connectivity index (χ2v) is 8.29. The maximum Gasteiger partial charge on any atom is 0.255 e. The van der Waals surface area contributed by atoms with Crippen LogP contribution in [0.4, 0.5) is 5.69 Å². The summed E-state index contributed by atoms with van der Waals surface area (Å²) in [7, 11) is -3.63. The highest BCUT2D eigenvalue weighted by atomic mass is 32.2. The molecule has 2 aromatic rings. The lowest BCUT2D eigenvalue weighted by molar-refractivity contribution is 0.102. The van der Waals surface area contributed by atoms with E-state index in [0.717, 1.165) is 11.1 Å². The number of hydrogen-bond donors (Lipinski definition) is 2. The van der Waals surface area contributed by atoms with Crippen LogP contribution in [0.3, 0.4) is 0 Å². The normalized spacial score (nSPS) is 11.6. The van der Waals surface area contributed by atoms with Gasteiger partial charge in [0.1, 0.15) is 0 Å². The van der Waals surface area contributed by atoms with Gasteiger partial charge in [-0.25, -0.2) is 13.1 Å². The monoisotopic (exact) mass is 360 g/mol. The molecule has 6 heteroatoms. The number of carbonyl (C=O) groups is 1. The van der Waals surface area contributed by atoms with Crippen molar-refractivity contribution < 1.29 is 13.2 Å².